The van der Waals surface area contributed by atoms with Crippen LogP contribution < -0.4 is 5.32 Å². The summed E-state index contributed by atoms with van der Waals surface area (Å²) in [5.74, 6) is -0.204. The van der Waals surface area contributed by atoms with Gasteiger partial charge in [-0.2, -0.15) is 0 Å². The molecule has 0 radical (unpaired) electrons. The molecule has 0 saturated heterocycles. The molecule has 1 saturated carbocycles. The van der Waals surface area contributed by atoms with Gasteiger partial charge in [-0.15, -0.1) is 0 Å². The summed E-state index contributed by atoms with van der Waals surface area (Å²) in [5.41, 5.74) is -0.378. The topological polar surface area (TPSA) is 79.5 Å². The first kappa shape index (κ1) is 15.6. The molecule has 1 aliphatic carbocycles. The van der Waals surface area contributed by atoms with Crippen LogP contribution in [-0.4, -0.2) is 17.0 Å². The zero-order valence-corrected chi connectivity index (χ0v) is 12.4. The number of hydrogen-bond acceptors (Lipinski definition) is 3. The molecule has 0 spiro atoms. The van der Waals surface area contributed by atoms with Crippen LogP contribution in [0.3, 0.4) is 0 Å². The molecule has 1 aromatic heterocycles. The van der Waals surface area contributed by atoms with E-state index < -0.39 is 5.97 Å². The first-order valence-corrected chi connectivity index (χ1v) is 7.55. The van der Waals surface area contributed by atoms with Gasteiger partial charge in [0.25, 0.3) is 0 Å². The van der Waals surface area contributed by atoms with Crippen LogP contribution in [0.4, 0.5) is 0 Å². The lowest BCUT2D eigenvalue weighted by molar-refractivity contribution is -0.141. The minimum atomic E-state index is -0.816. The zero-order valence-electron chi connectivity index (χ0n) is 12.4. The van der Waals surface area contributed by atoms with E-state index in [0.717, 1.165) is 32.1 Å². The van der Waals surface area contributed by atoms with Gasteiger partial charge in [0.15, 0.2) is 0 Å². The van der Waals surface area contributed by atoms with Gasteiger partial charge in [0.2, 0.25) is 5.91 Å². The Labute approximate surface area is 124 Å². The number of rotatable bonds is 6. The third kappa shape index (κ3) is 4.34. The SMILES string of the molecule is C[C@H](NC(=O)CC1(CC(=O)O)CCCCC1)c1ccco1. The Balaban J connectivity index is 1.96. The van der Waals surface area contributed by atoms with Gasteiger partial charge in [0, 0.05) is 6.42 Å². The maximum absolute atomic E-state index is 12.3. The number of carboxylic acids is 1. The molecule has 5 heteroatoms. The van der Waals surface area contributed by atoms with E-state index in [1.54, 1.807) is 12.3 Å². The maximum Gasteiger partial charge on any atom is 0.303 e. The van der Waals surface area contributed by atoms with E-state index in [4.69, 9.17) is 9.52 Å². The van der Waals surface area contributed by atoms with Crippen molar-refractivity contribution in [1.29, 1.82) is 0 Å². The Morgan fingerprint density at radius 1 is 1.33 bits per heavy atom. The van der Waals surface area contributed by atoms with E-state index in [1.165, 1.54) is 0 Å². The Kier molecular flexibility index (Phi) is 5.04. The summed E-state index contributed by atoms with van der Waals surface area (Å²) >= 11 is 0. The van der Waals surface area contributed by atoms with E-state index >= 15 is 0 Å². The highest BCUT2D eigenvalue weighted by Crippen LogP contribution is 2.42. The molecule has 1 aromatic rings. The van der Waals surface area contributed by atoms with Crippen molar-refractivity contribution in [3.05, 3.63) is 24.2 Å². The van der Waals surface area contributed by atoms with E-state index in [2.05, 4.69) is 5.32 Å². The van der Waals surface area contributed by atoms with Crippen molar-refractivity contribution in [2.75, 3.05) is 0 Å². The largest absolute Gasteiger partial charge is 0.481 e. The number of carboxylic acid groups (broad SMARTS) is 1. The second-order valence-electron chi connectivity index (χ2n) is 6.11. The van der Waals surface area contributed by atoms with Gasteiger partial charge < -0.3 is 14.8 Å². The number of nitrogens with one attached hydrogen (secondary N) is 1. The van der Waals surface area contributed by atoms with Crippen LogP contribution >= 0.6 is 0 Å². The number of furan rings is 1. The normalized spacial score (nSPS) is 18.9. The monoisotopic (exact) mass is 293 g/mol. The summed E-state index contributed by atoms with van der Waals surface area (Å²) in [7, 11) is 0. The summed E-state index contributed by atoms with van der Waals surface area (Å²) in [6.45, 7) is 1.86. The Morgan fingerprint density at radius 2 is 2.05 bits per heavy atom. The van der Waals surface area contributed by atoms with Crippen molar-refractivity contribution < 1.29 is 19.1 Å². The lowest BCUT2D eigenvalue weighted by Crippen LogP contribution is -2.36. The highest BCUT2D eigenvalue weighted by atomic mass is 16.4. The van der Waals surface area contributed by atoms with Crippen LogP contribution in [0.2, 0.25) is 0 Å². The summed E-state index contributed by atoms with van der Waals surface area (Å²) in [5, 5.41) is 12.0. The van der Waals surface area contributed by atoms with Gasteiger partial charge in [-0.3, -0.25) is 9.59 Å². The number of aliphatic carboxylic acids is 1. The second kappa shape index (κ2) is 6.78. The molecular weight excluding hydrogens is 270 g/mol. The van der Waals surface area contributed by atoms with E-state index in [1.807, 2.05) is 13.0 Å². The predicted octanol–water partition coefficient (Wildman–Crippen LogP) is 3.27. The van der Waals surface area contributed by atoms with E-state index in [9.17, 15) is 9.59 Å². The second-order valence-corrected chi connectivity index (χ2v) is 6.11. The number of carbonyl (C=O) groups excluding carboxylic acids is 1. The third-order valence-corrected chi connectivity index (χ3v) is 4.32. The molecular formula is C16H23NO4. The van der Waals surface area contributed by atoms with Gasteiger partial charge in [0.05, 0.1) is 18.7 Å². The van der Waals surface area contributed by atoms with Gasteiger partial charge in [-0.05, 0) is 37.3 Å². The highest BCUT2D eigenvalue weighted by Gasteiger charge is 2.36. The van der Waals surface area contributed by atoms with Gasteiger partial charge in [-0.25, -0.2) is 0 Å². The Bertz CT molecular complexity index is 474. The van der Waals surface area contributed by atoms with Gasteiger partial charge >= 0.3 is 5.97 Å². The molecule has 0 aromatic carbocycles. The summed E-state index contributed by atoms with van der Waals surface area (Å²) in [6.07, 6.45) is 6.73. The summed E-state index contributed by atoms with van der Waals surface area (Å²) in [4.78, 5) is 23.4. The van der Waals surface area contributed by atoms with Crippen LogP contribution in [0.25, 0.3) is 0 Å². The third-order valence-electron chi connectivity index (χ3n) is 4.32. The van der Waals surface area contributed by atoms with Crippen LogP contribution in [0, 0.1) is 5.41 Å². The molecule has 21 heavy (non-hydrogen) atoms. The first-order chi connectivity index (χ1) is 10.0. The molecule has 1 aliphatic rings. The van der Waals surface area contributed by atoms with Crippen molar-refractivity contribution in [2.24, 2.45) is 5.41 Å². The molecule has 2 rings (SSSR count). The van der Waals surface area contributed by atoms with Crippen LogP contribution in [0.1, 0.15) is 63.7 Å². The minimum absolute atomic E-state index is 0.0789. The maximum atomic E-state index is 12.3. The summed E-state index contributed by atoms with van der Waals surface area (Å²) < 4.78 is 5.27. The molecule has 5 nitrogen and oxygen atoms in total. The van der Waals surface area contributed by atoms with E-state index in [-0.39, 0.29) is 30.2 Å². The smallest absolute Gasteiger partial charge is 0.303 e. The molecule has 1 heterocycles. The molecule has 1 amide bonds. The van der Waals surface area contributed by atoms with Gasteiger partial charge in [-0.1, -0.05) is 19.3 Å². The molecule has 0 aliphatic heterocycles. The Hall–Kier alpha value is -1.78. The molecule has 0 bridgehead atoms. The number of hydrogen-bond donors (Lipinski definition) is 2. The van der Waals surface area contributed by atoms with Gasteiger partial charge in [0.1, 0.15) is 5.76 Å². The van der Waals surface area contributed by atoms with E-state index in [0.29, 0.717) is 5.76 Å². The molecule has 2 N–H and O–H groups in total. The average Bonchev–Trinajstić information content (AvgIpc) is 2.92. The van der Waals surface area contributed by atoms with Crippen molar-refractivity contribution >= 4 is 11.9 Å². The molecule has 1 atom stereocenters. The fourth-order valence-electron chi connectivity index (χ4n) is 3.28. The summed E-state index contributed by atoms with van der Waals surface area (Å²) in [6, 6.07) is 3.40. The Morgan fingerprint density at radius 3 is 2.62 bits per heavy atom. The van der Waals surface area contributed by atoms with Crippen molar-refractivity contribution in [2.45, 2.75) is 57.9 Å². The fraction of sp³-hybridized carbons (Fsp3) is 0.625. The van der Waals surface area contributed by atoms with Crippen LogP contribution in [-0.2, 0) is 9.59 Å². The zero-order chi connectivity index (χ0) is 15.3. The molecule has 1 fully saturated rings. The standard InChI is InChI=1S/C16H23NO4/c1-12(13-6-5-9-21-13)17-14(18)10-16(11-15(19)20)7-3-2-4-8-16/h5-6,9,12H,2-4,7-8,10-11H2,1H3,(H,17,18)(H,19,20)/t12-/m0/s1. The average molecular weight is 293 g/mol. The lowest BCUT2D eigenvalue weighted by atomic mass is 9.69. The van der Waals surface area contributed by atoms with Crippen molar-refractivity contribution in [3.8, 4) is 0 Å². The number of amides is 1. The van der Waals surface area contributed by atoms with Crippen LogP contribution in [0.5, 0.6) is 0 Å². The minimum Gasteiger partial charge on any atom is -0.481 e. The number of carbonyl (C=O) groups is 2. The van der Waals surface area contributed by atoms with Crippen LogP contribution in [0.15, 0.2) is 22.8 Å². The highest BCUT2D eigenvalue weighted by molar-refractivity contribution is 5.78. The fourth-order valence-corrected chi connectivity index (χ4v) is 3.28. The quantitative estimate of drug-likeness (QED) is 0.843. The van der Waals surface area contributed by atoms with Crippen molar-refractivity contribution in [1.82, 2.24) is 5.32 Å². The lowest BCUT2D eigenvalue weighted by Gasteiger charge is -2.35. The molecule has 0 unspecified atom stereocenters. The van der Waals surface area contributed by atoms with Crippen molar-refractivity contribution in [3.63, 3.8) is 0 Å². The molecule has 116 valence electrons. The predicted molar refractivity (Wildman–Crippen MR) is 77.7 cm³/mol. The first-order valence-electron chi connectivity index (χ1n) is 7.55.